The normalized spacial score (nSPS) is 18.7. The fourth-order valence-electron chi connectivity index (χ4n) is 5.52. The molecule has 1 amide bonds. The van der Waals surface area contributed by atoms with Gasteiger partial charge < -0.3 is 23.7 Å². The number of carbonyl (C=O) groups excluding carboxylic acids is 1. The number of nitrogens with zero attached hydrogens (tertiary/aromatic N) is 3. The first-order valence-corrected chi connectivity index (χ1v) is 13.1. The van der Waals surface area contributed by atoms with Crippen LogP contribution in [0.5, 0.6) is 11.5 Å². The van der Waals surface area contributed by atoms with Crippen LogP contribution in [0.15, 0.2) is 42.5 Å². The standard InChI is InChI=1S/C29H31N3O4/c30-19-26-25-11-10-24(35-23-12-16-34-17-13-23)18-27(25)32(21-4-3-5-21)28(26)20-6-8-22(9-7-20)36-29(33)31-14-1-2-15-31/h6-11,18,21,23H,1-5,12-17H2. The van der Waals surface area contributed by atoms with Gasteiger partial charge in [-0.15, -0.1) is 0 Å². The van der Waals surface area contributed by atoms with Crippen LogP contribution in [0.4, 0.5) is 4.79 Å². The number of rotatable bonds is 5. The van der Waals surface area contributed by atoms with Crippen molar-refractivity contribution >= 4 is 17.0 Å². The zero-order chi connectivity index (χ0) is 24.5. The molecule has 0 spiro atoms. The van der Waals surface area contributed by atoms with Gasteiger partial charge in [0, 0.05) is 43.4 Å². The number of aromatic nitrogens is 1. The van der Waals surface area contributed by atoms with Crippen molar-refractivity contribution in [2.75, 3.05) is 26.3 Å². The number of hydrogen-bond acceptors (Lipinski definition) is 5. The van der Waals surface area contributed by atoms with Crippen LogP contribution in [0.3, 0.4) is 0 Å². The molecule has 0 radical (unpaired) electrons. The molecule has 0 bridgehead atoms. The van der Waals surface area contributed by atoms with E-state index in [2.05, 4.69) is 16.7 Å². The minimum Gasteiger partial charge on any atom is -0.490 e. The summed E-state index contributed by atoms with van der Waals surface area (Å²) in [7, 11) is 0. The number of amides is 1. The van der Waals surface area contributed by atoms with E-state index < -0.39 is 0 Å². The fraction of sp³-hybridized carbons (Fsp3) is 0.448. The van der Waals surface area contributed by atoms with Crippen LogP contribution < -0.4 is 9.47 Å². The molecule has 2 aromatic carbocycles. The number of ether oxygens (including phenoxy) is 3. The first-order valence-electron chi connectivity index (χ1n) is 13.1. The Kier molecular flexibility index (Phi) is 6.28. The Morgan fingerprint density at radius 3 is 2.33 bits per heavy atom. The Balaban J connectivity index is 1.35. The van der Waals surface area contributed by atoms with E-state index in [1.165, 1.54) is 6.42 Å². The monoisotopic (exact) mass is 485 g/mol. The van der Waals surface area contributed by atoms with Gasteiger partial charge in [0.25, 0.3) is 0 Å². The van der Waals surface area contributed by atoms with Crippen LogP contribution in [0, 0.1) is 11.3 Å². The lowest BCUT2D eigenvalue weighted by Gasteiger charge is -2.30. The van der Waals surface area contributed by atoms with Gasteiger partial charge in [0.05, 0.1) is 30.0 Å². The van der Waals surface area contributed by atoms with Crippen LogP contribution in [0.2, 0.25) is 0 Å². The van der Waals surface area contributed by atoms with Crippen molar-refractivity contribution in [3.8, 4) is 28.8 Å². The van der Waals surface area contributed by atoms with Crippen LogP contribution in [-0.4, -0.2) is 48.0 Å². The number of nitriles is 1. The molecule has 1 aliphatic carbocycles. The van der Waals surface area contributed by atoms with E-state index >= 15 is 0 Å². The molecule has 2 aliphatic heterocycles. The minimum atomic E-state index is -0.293. The Hall–Kier alpha value is -3.50. The van der Waals surface area contributed by atoms with Crippen molar-refractivity contribution in [2.45, 2.75) is 57.1 Å². The van der Waals surface area contributed by atoms with Gasteiger partial charge >= 0.3 is 6.09 Å². The number of benzene rings is 2. The third-order valence-corrected chi connectivity index (χ3v) is 7.70. The maximum absolute atomic E-state index is 12.4. The van der Waals surface area contributed by atoms with Crippen LogP contribution in [0.1, 0.15) is 56.6 Å². The largest absolute Gasteiger partial charge is 0.490 e. The van der Waals surface area contributed by atoms with Gasteiger partial charge in [-0.2, -0.15) is 5.26 Å². The Labute approximate surface area is 211 Å². The maximum atomic E-state index is 12.4. The molecule has 3 aliphatic rings. The number of fused-ring (bicyclic) bond motifs is 1. The lowest BCUT2D eigenvalue weighted by Crippen LogP contribution is -2.30. The number of carbonyl (C=O) groups is 1. The van der Waals surface area contributed by atoms with Gasteiger partial charge in [0.2, 0.25) is 0 Å². The summed E-state index contributed by atoms with van der Waals surface area (Å²) >= 11 is 0. The molecule has 0 atom stereocenters. The van der Waals surface area contributed by atoms with Crippen molar-refractivity contribution in [3.05, 3.63) is 48.0 Å². The van der Waals surface area contributed by atoms with Crippen molar-refractivity contribution in [1.29, 1.82) is 5.26 Å². The third kappa shape index (κ3) is 4.31. The zero-order valence-corrected chi connectivity index (χ0v) is 20.4. The molecular formula is C29H31N3O4. The summed E-state index contributed by atoms with van der Waals surface area (Å²) in [5.74, 6) is 1.36. The summed E-state index contributed by atoms with van der Waals surface area (Å²) < 4.78 is 19.7. The van der Waals surface area contributed by atoms with Crippen LogP contribution >= 0.6 is 0 Å². The highest BCUT2D eigenvalue weighted by Gasteiger charge is 2.28. The number of hydrogen-bond donors (Lipinski definition) is 0. The first kappa shape index (κ1) is 22.9. The highest BCUT2D eigenvalue weighted by molar-refractivity contribution is 5.95. The molecular weight excluding hydrogens is 454 g/mol. The highest BCUT2D eigenvalue weighted by Crippen LogP contribution is 2.43. The number of likely N-dealkylation sites (tertiary alicyclic amines) is 1. The Morgan fingerprint density at radius 2 is 1.67 bits per heavy atom. The summed E-state index contributed by atoms with van der Waals surface area (Å²) in [6.45, 7) is 2.98. The van der Waals surface area contributed by atoms with Crippen LogP contribution in [0.25, 0.3) is 22.2 Å². The maximum Gasteiger partial charge on any atom is 0.415 e. The molecule has 7 nitrogen and oxygen atoms in total. The lowest BCUT2D eigenvalue weighted by atomic mass is 9.92. The first-order chi connectivity index (χ1) is 17.7. The summed E-state index contributed by atoms with van der Waals surface area (Å²) in [5, 5.41) is 11.2. The molecule has 1 aromatic heterocycles. The Morgan fingerprint density at radius 1 is 0.944 bits per heavy atom. The van der Waals surface area contributed by atoms with E-state index in [9.17, 15) is 10.1 Å². The van der Waals surface area contributed by atoms with Crippen LogP contribution in [-0.2, 0) is 4.74 Å². The summed E-state index contributed by atoms with van der Waals surface area (Å²) in [5.41, 5.74) is 3.59. The molecule has 36 heavy (non-hydrogen) atoms. The molecule has 0 N–H and O–H groups in total. The molecule has 0 unspecified atom stereocenters. The van der Waals surface area contributed by atoms with E-state index in [0.29, 0.717) is 17.4 Å². The molecule has 3 heterocycles. The van der Waals surface area contributed by atoms with E-state index in [-0.39, 0.29) is 12.2 Å². The summed E-state index contributed by atoms with van der Waals surface area (Å²) in [4.78, 5) is 14.1. The van der Waals surface area contributed by atoms with Crippen molar-refractivity contribution in [1.82, 2.24) is 9.47 Å². The molecule has 3 fully saturated rings. The van der Waals surface area contributed by atoms with E-state index in [1.54, 1.807) is 4.90 Å². The van der Waals surface area contributed by atoms with Gasteiger partial charge in [-0.25, -0.2) is 4.79 Å². The van der Waals surface area contributed by atoms with Gasteiger partial charge in [0.1, 0.15) is 23.7 Å². The van der Waals surface area contributed by atoms with Crippen molar-refractivity contribution < 1.29 is 19.0 Å². The molecule has 186 valence electrons. The quantitative estimate of drug-likeness (QED) is 0.439. The zero-order valence-electron chi connectivity index (χ0n) is 20.4. The highest BCUT2D eigenvalue weighted by atomic mass is 16.6. The average molecular weight is 486 g/mol. The van der Waals surface area contributed by atoms with Gasteiger partial charge in [-0.1, -0.05) is 0 Å². The van der Waals surface area contributed by atoms with E-state index in [4.69, 9.17) is 14.2 Å². The summed E-state index contributed by atoms with van der Waals surface area (Å²) in [6.07, 6.45) is 7.09. The van der Waals surface area contributed by atoms with E-state index in [1.807, 2.05) is 36.4 Å². The van der Waals surface area contributed by atoms with Gasteiger partial charge in [0.15, 0.2) is 0 Å². The van der Waals surface area contributed by atoms with Gasteiger partial charge in [-0.05, 0) is 74.1 Å². The summed E-state index contributed by atoms with van der Waals surface area (Å²) in [6, 6.07) is 16.5. The average Bonchev–Trinajstić information content (AvgIpc) is 3.51. The molecule has 3 aromatic rings. The second-order valence-electron chi connectivity index (χ2n) is 9.99. The lowest BCUT2D eigenvalue weighted by molar-refractivity contribution is 0.0256. The van der Waals surface area contributed by atoms with Crippen molar-refractivity contribution in [2.24, 2.45) is 0 Å². The third-order valence-electron chi connectivity index (χ3n) is 7.70. The Bertz CT molecular complexity index is 1290. The topological polar surface area (TPSA) is 76.7 Å². The molecule has 1 saturated carbocycles. The molecule has 6 rings (SSSR count). The predicted molar refractivity (Wildman–Crippen MR) is 136 cm³/mol. The predicted octanol–water partition coefficient (Wildman–Crippen LogP) is 6.06. The van der Waals surface area contributed by atoms with Crippen molar-refractivity contribution in [3.63, 3.8) is 0 Å². The SMILES string of the molecule is N#Cc1c(-c2ccc(OC(=O)N3CCCC3)cc2)n(C2CCC2)c2cc(OC3CCOCC3)ccc12. The smallest absolute Gasteiger partial charge is 0.415 e. The minimum absolute atomic E-state index is 0.161. The molecule has 7 heteroatoms. The second kappa shape index (κ2) is 9.87. The van der Waals surface area contributed by atoms with Gasteiger partial charge in [-0.3, -0.25) is 0 Å². The van der Waals surface area contributed by atoms with E-state index in [0.717, 1.165) is 92.7 Å². The fourth-order valence-corrected chi connectivity index (χ4v) is 5.52. The molecule has 2 saturated heterocycles. The second-order valence-corrected chi connectivity index (χ2v) is 9.99.